The summed E-state index contributed by atoms with van der Waals surface area (Å²) in [7, 11) is 0. The average molecular weight is 281 g/mol. The topological polar surface area (TPSA) is 27.7 Å². The lowest BCUT2D eigenvalue weighted by Crippen LogP contribution is -2.55. The monoisotopic (exact) mass is 281 g/mol. The molecule has 4 nitrogen and oxygen atoms in total. The highest BCUT2D eigenvalue weighted by Gasteiger charge is 2.41. The number of piperidine rings is 1. The lowest BCUT2D eigenvalue weighted by Gasteiger charge is -2.43. The van der Waals surface area contributed by atoms with Gasteiger partial charge in [-0.05, 0) is 51.6 Å². The van der Waals surface area contributed by atoms with Crippen LogP contribution in [0.3, 0.4) is 0 Å². The van der Waals surface area contributed by atoms with Crippen molar-refractivity contribution in [3.63, 3.8) is 0 Å². The van der Waals surface area contributed by atoms with Gasteiger partial charge < -0.3 is 15.0 Å². The van der Waals surface area contributed by atoms with Crippen molar-refractivity contribution in [1.82, 2.24) is 15.1 Å². The van der Waals surface area contributed by atoms with Crippen molar-refractivity contribution >= 4 is 0 Å². The molecule has 0 aromatic heterocycles. The Bertz CT molecular complexity index is 320. The van der Waals surface area contributed by atoms with Crippen molar-refractivity contribution < 1.29 is 4.74 Å². The van der Waals surface area contributed by atoms with Gasteiger partial charge in [0.1, 0.15) is 0 Å². The van der Waals surface area contributed by atoms with Gasteiger partial charge in [0.2, 0.25) is 0 Å². The fourth-order valence-electron chi connectivity index (χ4n) is 4.36. The highest BCUT2D eigenvalue weighted by Crippen LogP contribution is 2.37. The summed E-state index contributed by atoms with van der Waals surface area (Å²) in [6.07, 6.45) is 4.17. The molecular formula is C16H31N3O. The first-order valence-corrected chi connectivity index (χ1v) is 8.36. The maximum absolute atomic E-state index is 5.49. The minimum atomic E-state index is 0.275. The maximum Gasteiger partial charge on any atom is 0.0594 e. The van der Waals surface area contributed by atoms with Crippen LogP contribution in [0.15, 0.2) is 0 Å². The molecule has 0 amide bonds. The number of ether oxygens (including phenoxy) is 1. The molecule has 20 heavy (non-hydrogen) atoms. The molecule has 0 unspecified atom stereocenters. The van der Waals surface area contributed by atoms with Crippen LogP contribution in [0.1, 0.15) is 33.1 Å². The van der Waals surface area contributed by atoms with E-state index in [4.69, 9.17) is 4.74 Å². The predicted molar refractivity (Wildman–Crippen MR) is 82.1 cm³/mol. The van der Waals surface area contributed by atoms with Gasteiger partial charge in [-0.15, -0.1) is 0 Å². The third-order valence-electron chi connectivity index (χ3n) is 5.56. The average Bonchev–Trinajstić information content (AvgIpc) is 2.82. The Labute approximate surface area is 123 Å². The number of nitrogens with zero attached hydrogens (tertiary/aromatic N) is 2. The zero-order valence-corrected chi connectivity index (χ0v) is 13.3. The summed E-state index contributed by atoms with van der Waals surface area (Å²) in [6, 6.07) is 0. The SMILES string of the molecule is CC(C)(CN1CC[C@@]2(CCCNC2)C1)N1CCOCC1. The van der Waals surface area contributed by atoms with Gasteiger partial charge in [-0.2, -0.15) is 0 Å². The first-order chi connectivity index (χ1) is 9.60. The van der Waals surface area contributed by atoms with Crippen molar-refractivity contribution in [2.75, 3.05) is 59.0 Å². The van der Waals surface area contributed by atoms with Crippen LogP contribution in [0.25, 0.3) is 0 Å². The molecule has 3 fully saturated rings. The molecule has 4 heteroatoms. The van der Waals surface area contributed by atoms with Crippen LogP contribution in [-0.4, -0.2) is 74.4 Å². The van der Waals surface area contributed by atoms with E-state index in [0.29, 0.717) is 5.41 Å². The molecule has 3 aliphatic heterocycles. The molecule has 3 rings (SSSR count). The molecule has 0 aromatic carbocycles. The van der Waals surface area contributed by atoms with Gasteiger partial charge >= 0.3 is 0 Å². The summed E-state index contributed by atoms with van der Waals surface area (Å²) >= 11 is 0. The fraction of sp³-hybridized carbons (Fsp3) is 1.00. The molecule has 0 bridgehead atoms. The largest absolute Gasteiger partial charge is 0.379 e. The van der Waals surface area contributed by atoms with Crippen LogP contribution in [0.2, 0.25) is 0 Å². The number of nitrogens with one attached hydrogen (secondary N) is 1. The molecule has 1 atom stereocenters. The molecule has 116 valence electrons. The van der Waals surface area contributed by atoms with E-state index in [9.17, 15) is 0 Å². The van der Waals surface area contributed by atoms with Crippen LogP contribution in [-0.2, 0) is 4.74 Å². The van der Waals surface area contributed by atoms with E-state index >= 15 is 0 Å². The molecule has 3 heterocycles. The van der Waals surface area contributed by atoms with Crippen LogP contribution in [0.4, 0.5) is 0 Å². The van der Waals surface area contributed by atoms with E-state index in [1.807, 2.05) is 0 Å². The third kappa shape index (κ3) is 3.19. The van der Waals surface area contributed by atoms with E-state index in [-0.39, 0.29) is 5.54 Å². The number of hydrogen-bond donors (Lipinski definition) is 1. The first kappa shape index (κ1) is 14.8. The summed E-state index contributed by atoms with van der Waals surface area (Å²) in [5, 5.41) is 3.61. The van der Waals surface area contributed by atoms with E-state index < -0.39 is 0 Å². The molecule has 0 saturated carbocycles. The molecule has 1 N–H and O–H groups in total. The molecule has 0 aromatic rings. The smallest absolute Gasteiger partial charge is 0.0594 e. The van der Waals surface area contributed by atoms with Crippen molar-refractivity contribution in [2.24, 2.45) is 5.41 Å². The van der Waals surface area contributed by atoms with Crippen molar-refractivity contribution in [1.29, 1.82) is 0 Å². The second kappa shape index (κ2) is 5.91. The van der Waals surface area contributed by atoms with Gasteiger partial charge in [0.05, 0.1) is 13.2 Å². The Balaban J connectivity index is 1.55. The molecular weight excluding hydrogens is 250 g/mol. The van der Waals surface area contributed by atoms with Crippen LogP contribution < -0.4 is 5.32 Å². The number of hydrogen-bond acceptors (Lipinski definition) is 4. The Hall–Kier alpha value is -0.160. The zero-order valence-electron chi connectivity index (χ0n) is 13.3. The molecule has 3 saturated heterocycles. The van der Waals surface area contributed by atoms with E-state index in [2.05, 4.69) is 29.0 Å². The van der Waals surface area contributed by atoms with Crippen molar-refractivity contribution in [3.8, 4) is 0 Å². The Morgan fingerprint density at radius 2 is 1.95 bits per heavy atom. The molecule has 0 aliphatic carbocycles. The van der Waals surface area contributed by atoms with E-state index in [1.54, 1.807) is 0 Å². The van der Waals surface area contributed by atoms with Gasteiger partial charge in [0.15, 0.2) is 0 Å². The predicted octanol–water partition coefficient (Wildman–Crippen LogP) is 1.17. The Kier molecular flexibility index (Phi) is 4.37. The van der Waals surface area contributed by atoms with E-state index in [1.165, 1.54) is 52.0 Å². The summed E-state index contributed by atoms with van der Waals surface area (Å²) in [5.74, 6) is 0. The van der Waals surface area contributed by atoms with Crippen LogP contribution >= 0.6 is 0 Å². The standard InChI is InChI=1S/C16H31N3O/c1-15(2,19-8-10-20-11-9-19)13-18-7-5-16(14-18)4-3-6-17-12-16/h17H,3-14H2,1-2H3/t16-/m1/s1. The summed E-state index contributed by atoms with van der Waals surface area (Å²) in [5.41, 5.74) is 0.858. The third-order valence-corrected chi connectivity index (χ3v) is 5.56. The van der Waals surface area contributed by atoms with Gasteiger partial charge in [-0.3, -0.25) is 4.90 Å². The number of likely N-dealkylation sites (tertiary alicyclic amines) is 1. The second-order valence-electron chi connectivity index (χ2n) is 7.65. The lowest BCUT2D eigenvalue weighted by atomic mass is 9.80. The van der Waals surface area contributed by atoms with E-state index in [0.717, 1.165) is 26.3 Å². The summed E-state index contributed by atoms with van der Waals surface area (Å²) in [4.78, 5) is 5.32. The highest BCUT2D eigenvalue weighted by molar-refractivity contribution is 4.96. The quantitative estimate of drug-likeness (QED) is 0.840. The number of rotatable bonds is 3. The van der Waals surface area contributed by atoms with Crippen LogP contribution in [0.5, 0.6) is 0 Å². The van der Waals surface area contributed by atoms with Crippen molar-refractivity contribution in [2.45, 2.75) is 38.6 Å². The fourth-order valence-corrected chi connectivity index (χ4v) is 4.36. The molecule has 1 spiro atoms. The second-order valence-corrected chi connectivity index (χ2v) is 7.65. The maximum atomic E-state index is 5.49. The van der Waals surface area contributed by atoms with Crippen LogP contribution in [0, 0.1) is 5.41 Å². The number of morpholine rings is 1. The van der Waals surface area contributed by atoms with Gasteiger partial charge in [-0.1, -0.05) is 0 Å². The van der Waals surface area contributed by atoms with Gasteiger partial charge in [0.25, 0.3) is 0 Å². The Morgan fingerprint density at radius 3 is 2.65 bits per heavy atom. The minimum Gasteiger partial charge on any atom is -0.379 e. The van der Waals surface area contributed by atoms with Crippen molar-refractivity contribution in [3.05, 3.63) is 0 Å². The summed E-state index contributed by atoms with van der Waals surface area (Å²) in [6.45, 7) is 15.0. The Morgan fingerprint density at radius 1 is 1.15 bits per heavy atom. The zero-order chi connectivity index (χ0) is 14.1. The van der Waals surface area contributed by atoms with Gasteiger partial charge in [0, 0.05) is 38.3 Å². The summed E-state index contributed by atoms with van der Waals surface area (Å²) < 4.78 is 5.49. The lowest BCUT2D eigenvalue weighted by molar-refractivity contribution is -0.0207. The highest BCUT2D eigenvalue weighted by atomic mass is 16.5. The molecule has 0 radical (unpaired) electrons. The first-order valence-electron chi connectivity index (χ1n) is 8.36. The minimum absolute atomic E-state index is 0.275. The van der Waals surface area contributed by atoms with Gasteiger partial charge in [-0.25, -0.2) is 0 Å². The molecule has 3 aliphatic rings. The normalized spacial score (nSPS) is 33.9.